The van der Waals surface area contributed by atoms with Gasteiger partial charge in [-0.3, -0.25) is 0 Å². The average molecular weight is 254 g/mol. The molecule has 3 heteroatoms. The highest BCUT2D eigenvalue weighted by molar-refractivity contribution is 5.94. The number of methoxy groups -OCH3 is 1. The summed E-state index contributed by atoms with van der Waals surface area (Å²) in [4.78, 5) is 11.8. The lowest BCUT2D eigenvalue weighted by molar-refractivity contribution is 0.0387. The Morgan fingerprint density at radius 1 is 1.16 bits per heavy atom. The Kier molecular flexibility index (Phi) is 2.95. The van der Waals surface area contributed by atoms with Gasteiger partial charge in [-0.2, -0.15) is 0 Å². The molecule has 2 aromatic carbocycles. The van der Waals surface area contributed by atoms with Crippen molar-refractivity contribution in [2.45, 2.75) is 12.5 Å². The molecule has 1 aliphatic heterocycles. The van der Waals surface area contributed by atoms with Crippen molar-refractivity contribution in [2.24, 2.45) is 0 Å². The number of fused-ring (bicyclic) bond motifs is 1. The fraction of sp³-hybridized carbons (Fsp3) is 0.188. The van der Waals surface area contributed by atoms with E-state index in [-0.39, 0.29) is 12.1 Å². The average Bonchev–Trinajstić information content (AvgIpc) is 2.76. The molecular weight excluding hydrogens is 240 g/mol. The Morgan fingerprint density at radius 3 is 2.68 bits per heavy atom. The number of esters is 1. The number of ether oxygens (including phenoxy) is 2. The van der Waals surface area contributed by atoms with Gasteiger partial charge in [-0.1, -0.05) is 30.3 Å². The van der Waals surface area contributed by atoms with Gasteiger partial charge in [0, 0.05) is 12.0 Å². The summed E-state index contributed by atoms with van der Waals surface area (Å²) in [6, 6.07) is 15.4. The Labute approximate surface area is 111 Å². The van der Waals surface area contributed by atoms with E-state index in [1.807, 2.05) is 36.4 Å². The molecule has 0 N–H and O–H groups in total. The van der Waals surface area contributed by atoms with Crippen LogP contribution < -0.4 is 4.74 Å². The summed E-state index contributed by atoms with van der Waals surface area (Å²) >= 11 is 0. The van der Waals surface area contributed by atoms with Crippen LogP contribution in [0.3, 0.4) is 0 Å². The van der Waals surface area contributed by atoms with Crippen molar-refractivity contribution < 1.29 is 14.3 Å². The van der Waals surface area contributed by atoms with Crippen molar-refractivity contribution >= 4 is 5.97 Å². The highest BCUT2D eigenvalue weighted by Crippen LogP contribution is 2.35. The SMILES string of the molecule is COc1ccc2c(c1)C(Cc1ccccc1)OC2=O. The molecule has 1 unspecified atom stereocenters. The molecule has 3 rings (SSSR count). The van der Waals surface area contributed by atoms with Gasteiger partial charge in [0.05, 0.1) is 12.7 Å². The van der Waals surface area contributed by atoms with E-state index in [1.54, 1.807) is 19.2 Å². The second-order valence-electron chi connectivity index (χ2n) is 4.54. The molecule has 0 aliphatic carbocycles. The highest BCUT2D eigenvalue weighted by Gasteiger charge is 2.31. The normalized spacial score (nSPS) is 16.9. The first-order chi connectivity index (χ1) is 9.28. The monoisotopic (exact) mass is 254 g/mol. The lowest BCUT2D eigenvalue weighted by atomic mass is 9.99. The summed E-state index contributed by atoms with van der Waals surface area (Å²) in [5.74, 6) is 0.494. The minimum atomic E-state index is -0.251. The zero-order chi connectivity index (χ0) is 13.2. The quantitative estimate of drug-likeness (QED) is 0.789. The van der Waals surface area contributed by atoms with Crippen molar-refractivity contribution in [1.29, 1.82) is 0 Å². The van der Waals surface area contributed by atoms with Crippen molar-refractivity contribution in [1.82, 2.24) is 0 Å². The van der Waals surface area contributed by atoms with Crippen LogP contribution in [0, 0.1) is 0 Å². The van der Waals surface area contributed by atoms with Crippen molar-refractivity contribution in [3.05, 3.63) is 65.2 Å². The summed E-state index contributed by atoms with van der Waals surface area (Å²) in [6.45, 7) is 0. The van der Waals surface area contributed by atoms with Gasteiger partial charge in [0.2, 0.25) is 0 Å². The number of hydrogen-bond donors (Lipinski definition) is 0. The highest BCUT2D eigenvalue weighted by atomic mass is 16.5. The smallest absolute Gasteiger partial charge is 0.339 e. The summed E-state index contributed by atoms with van der Waals surface area (Å²) < 4.78 is 10.6. The molecule has 1 atom stereocenters. The summed E-state index contributed by atoms with van der Waals surface area (Å²) in [5, 5.41) is 0. The van der Waals surface area contributed by atoms with Crippen LogP contribution in [0.15, 0.2) is 48.5 Å². The zero-order valence-electron chi connectivity index (χ0n) is 10.6. The van der Waals surface area contributed by atoms with Gasteiger partial charge >= 0.3 is 5.97 Å². The van der Waals surface area contributed by atoms with E-state index < -0.39 is 0 Å². The predicted octanol–water partition coefficient (Wildman–Crippen LogP) is 3.15. The van der Waals surface area contributed by atoms with Gasteiger partial charge in [0.1, 0.15) is 11.9 Å². The number of carbonyl (C=O) groups excluding carboxylic acids is 1. The Morgan fingerprint density at radius 2 is 1.95 bits per heavy atom. The molecular formula is C16H14O3. The minimum absolute atomic E-state index is 0.222. The predicted molar refractivity (Wildman–Crippen MR) is 71.3 cm³/mol. The second-order valence-corrected chi connectivity index (χ2v) is 4.54. The zero-order valence-corrected chi connectivity index (χ0v) is 10.6. The first-order valence-electron chi connectivity index (χ1n) is 6.21. The van der Waals surface area contributed by atoms with Gasteiger partial charge in [-0.05, 0) is 23.8 Å². The van der Waals surface area contributed by atoms with E-state index in [0.29, 0.717) is 12.0 Å². The molecule has 0 bridgehead atoms. The van der Waals surface area contributed by atoms with Gasteiger partial charge in [0.25, 0.3) is 0 Å². The first-order valence-corrected chi connectivity index (χ1v) is 6.21. The Hall–Kier alpha value is -2.29. The molecule has 2 aromatic rings. The van der Waals surface area contributed by atoms with Crippen LogP contribution in [0.5, 0.6) is 5.75 Å². The standard InChI is InChI=1S/C16H14O3/c1-18-12-7-8-13-14(10-12)15(19-16(13)17)9-11-5-3-2-4-6-11/h2-8,10,15H,9H2,1H3. The molecule has 0 amide bonds. The van der Waals surface area contributed by atoms with Gasteiger partial charge in [-0.25, -0.2) is 4.79 Å². The fourth-order valence-electron chi connectivity index (χ4n) is 2.36. The number of hydrogen-bond acceptors (Lipinski definition) is 3. The largest absolute Gasteiger partial charge is 0.497 e. The third-order valence-electron chi connectivity index (χ3n) is 3.34. The lowest BCUT2D eigenvalue weighted by Gasteiger charge is -2.11. The van der Waals surface area contributed by atoms with E-state index in [1.165, 1.54) is 0 Å². The van der Waals surface area contributed by atoms with E-state index in [4.69, 9.17) is 9.47 Å². The molecule has 0 fully saturated rings. The minimum Gasteiger partial charge on any atom is -0.497 e. The van der Waals surface area contributed by atoms with Crippen molar-refractivity contribution in [3.8, 4) is 5.75 Å². The van der Waals surface area contributed by atoms with Crippen molar-refractivity contribution in [2.75, 3.05) is 7.11 Å². The molecule has 0 saturated carbocycles. The van der Waals surface area contributed by atoms with Crippen LogP contribution in [0.25, 0.3) is 0 Å². The van der Waals surface area contributed by atoms with Crippen LogP contribution in [0.1, 0.15) is 27.6 Å². The molecule has 1 aliphatic rings. The number of cyclic esters (lactones) is 1. The van der Waals surface area contributed by atoms with E-state index in [0.717, 1.165) is 16.9 Å². The molecule has 19 heavy (non-hydrogen) atoms. The number of carbonyl (C=O) groups is 1. The van der Waals surface area contributed by atoms with E-state index in [2.05, 4.69) is 0 Å². The van der Waals surface area contributed by atoms with Gasteiger partial charge < -0.3 is 9.47 Å². The van der Waals surface area contributed by atoms with Crippen molar-refractivity contribution in [3.63, 3.8) is 0 Å². The van der Waals surface area contributed by atoms with E-state index >= 15 is 0 Å². The molecule has 0 radical (unpaired) electrons. The summed E-state index contributed by atoms with van der Waals surface area (Å²) in [5.41, 5.74) is 2.70. The second kappa shape index (κ2) is 4.76. The maximum atomic E-state index is 11.8. The molecule has 3 nitrogen and oxygen atoms in total. The Bertz CT molecular complexity index is 605. The van der Waals surface area contributed by atoms with Gasteiger partial charge in [-0.15, -0.1) is 0 Å². The van der Waals surface area contributed by atoms with Crippen LogP contribution in [-0.2, 0) is 11.2 Å². The third kappa shape index (κ3) is 2.19. The molecule has 1 heterocycles. The van der Waals surface area contributed by atoms with Crippen LogP contribution in [0.4, 0.5) is 0 Å². The summed E-state index contributed by atoms with van der Waals surface area (Å²) in [7, 11) is 1.62. The van der Waals surface area contributed by atoms with Crippen LogP contribution in [0.2, 0.25) is 0 Å². The third-order valence-corrected chi connectivity index (χ3v) is 3.34. The number of benzene rings is 2. The molecule has 96 valence electrons. The molecule has 0 aromatic heterocycles. The molecule has 0 spiro atoms. The Balaban J connectivity index is 1.92. The number of rotatable bonds is 3. The molecule has 0 saturated heterocycles. The maximum absolute atomic E-state index is 11.8. The maximum Gasteiger partial charge on any atom is 0.339 e. The van der Waals surface area contributed by atoms with Crippen LogP contribution >= 0.6 is 0 Å². The van der Waals surface area contributed by atoms with Crippen LogP contribution in [-0.4, -0.2) is 13.1 Å². The lowest BCUT2D eigenvalue weighted by Crippen LogP contribution is -2.02. The topological polar surface area (TPSA) is 35.5 Å². The van der Waals surface area contributed by atoms with Gasteiger partial charge in [0.15, 0.2) is 0 Å². The first kappa shape index (κ1) is 11.8. The van der Waals surface area contributed by atoms with E-state index in [9.17, 15) is 4.79 Å². The summed E-state index contributed by atoms with van der Waals surface area (Å²) in [6.07, 6.45) is 0.465. The fourth-order valence-corrected chi connectivity index (χ4v) is 2.36.